The van der Waals surface area contributed by atoms with Crippen molar-refractivity contribution in [1.82, 2.24) is 29.6 Å². The number of H-pyrrole nitrogens is 1. The van der Waals surface area contributed by atoms with Crippen molar-refractivity contribution in [1.29, 1.82) is 0 Å². The average molecular weight is 365 g/mol. The molecular weight excluding hydrogens is 342 g/mol. The predicted octanol–water partition coefficient (Wildman–Crippen LogP) is 2.98. The normalized spacial score (nSPS) is 16.2. The Labute approximate surface area is 157 Å². The van der Waals surface area contributed by atoms with E-state index in [2.05, 4.69) is 32.3 Å². The molecule has 4 heterocycles. The fraction of sp³-hybridized carbons (Fsp3) is 0.368. The van der Waals surface area contributed by atoms with Crippen molar-refractivity contribution < 1.29 is 4.79 Å². The molecule has 8 heteroatoms. The molecule has 1 unspecified atom stereocenters. The van der Waals surface area contributed by atoms with E-state index < -0.39 is 0 Å². The summed E-state index contributed by atoms with van der Waals surface area (Å²) in [5.74, 6) is 0.714. The van der Waals surface area contributed by atoms with Crippen LogP contribution in [-0.2, 0) is 13.0 Å². The van der Waals surface area contributed by atoms with E-state index >= 15 is 0 Å². The van der Waals surface area contributed by atoms with Crippen molar-refractivity contribution in [3.63, 3.8) is 0 Å². The van der Waals surface area contributed by atoms with Crippen LogP contribution in [0.3, 0.4) is 0 Å². The molecule has 2 N–H and O–H groups in total. The third-order valence-electron chi connectivity index (χ3n) is 4.86. The molecule has 3 aromatic heterocycles. The van der Waals surface area contributed by atoms with Gasteiger partial charge in [-0.1, -0.05) is 19.4 Å². The lowest BCUT2D eigenvalue weighted by atomic mass is 9.97. The number of fused-ring (bicyclic) bond motifs is 1. The Hall–Kier alpha value is -3.16. The number of pyridine rings is 1. The number of aromatic nitrogens is 5. The molecule has 27 heavy (non-hydrogen) atoms. The molecule has 3 aromatic rings. The lowest BCUT2D eigenvalue weighted by Gasteiger charge is -2.35. The summed E-state index contributed by atoms with van der Waals surface area (Å²) < 4.78 is 1.84. The molecule has 140 valence electrons. The zero-order valence-corrected chi connectivity index (χ0v) is 15.3. The van der Waals surface area contributed by atoms with Gasteiger partial charge >= 0.3 is 6.03 Å². The zero-order chi connectivity index (χ0) is 18.6. The smallest absolute Gasteiger partial charge is 0.323 e. The topological polar surface area (TPSA) is 91.7 Å². The second-order valence-electron chi connectivity index (χ2n) is 6.62. The predicted molar refractivity (Wildman–Crippen MR) is 101 cm³/mol. The first-order valence-corrected chi connectivity index (χ1v) is 9.29. The third-order valence-corrected chi connectivity index (χ3v) is 4.86. The number of anilines is 1. The van der Waals surface area contributed by atoms with Crippen LogP contribution in [0.5, 0.6) is 0 Å². The molecule has 0 bridgehead atoms. The number of carbonyl (C=O) groups excluding carboxylic acids is 1. The highest BCUT2D eigenvalue weighted by Crippen LogP contribution is 2.33. The Morgan fingerprint density at radius 3 is 3.11 bits per heavy atom. The number of rotatable bonds is 5. The minimum absolute atomic E-state index is 0.157. The fourth-order valence-corrected chi connectivity index (χ4v) is 3.48. The van der Waals surface area contributed by atoms with E-state index in [1.165, 1.54) is 0 Å². The molecule has 0 radical (unpaired) electrons. The van der Waals surface area contributed by atoms with E-state index in [0.717, 1.165) is 42.8 Å². The van der Waals surface area contributed by atoms with Crippen LogP contribution in [0.1, 0.15) is 42.8 Å². The first-order valence-electron chi connectivity index (χ1n) is 9.29. The van der Waals surface area contributed by atoms with E-state index in [0.29, 0.717) is 12.4 Å². The Kier molecular flexibility index (Phi) is 4.86. The molecule has 0 fully saturated rings. The van der Waals surface area contributed by atoms with Gasteiger partial charge in [0.15, 0.2) is 0 Å². The number of imidazole rings is 1. The van der Waals surface area contributed by atoms with Crippen molar-refractivity contribution >= 4 is 11.8 Å². The van der Waals surface area contributed by atoms with Gasteiger partial charge in [-0.3, -0.25) is 10.3 Å². The molecule has 0 aromatic carbocycles. The number of aryl methyl sites for hydroxylation is 1. The van der Waals surface area contributed by atoms with Gasteiger partial charge in [-0.05, 0) is 18.1 Å². The maximum atomic E-state index is 13.1. The van der Waals surface area contributed by atoms with Gasteiger partial charge in [0.05, 0.1) is 18.2 Å². The maximum Gasteiger partial charge on any atom is 0.323 e. The number of nitrogens with zero attached hydrogens (tertiary/aromatic N) is 5. The number of hydrogen-bond acceptors (Lipinski definition) is 4. The van der Waals surface area contributed by atoms with Gasteiger partial charge in [0.2, 0.25) is 0 Å². The quantitative estimate of drug-likeness (QED) is 0.727. The van der Waals surface area contributed by atoms with Crippen molar-refractivity contribution in [3.8, 4) is 0 Å². The van der Waals surface area contributed by atoms with Crippen LogP contribution in [0.4, 0.5) is 10.6 Å². The molecule has 0 spiro atoms. The standard InChI is InChI=1S/C19H23N7O/c1-2-3-10-26-16(6-9-23-26)24-19(27)25-11-7-15-17(22-13-21-15)18(25)14-5-4-8-20-12-14/h4-6,8-9,12-13,18H,2-3,7,10-11H2,1H3,(H,21,22)(H,24,27). The maximum absolute atomic E-state index is 13.1. The van der Waals surface area contributed by atoms with Gasteiger partial charge in [-0.2, -0.15) is 5.10 Å². The van der Waals surface area contributed by atoms with Crippen LogP contribution in [0.15, 0.2) is 43.1 Å². The molecule has 0 saturated carbocycles. The van der Waals surface area contributed by atoms with Gasteiger partial charge in [-0.25, -0.2) is 14.5 Å². The van der Waals surface area contributed by atoms with Crippen molar-refractivity contribution in [3.05, 3.63) is 60.1 Å². The largest absolute Gasteiger partial charge is 0.348 e. The van der Waals surface area contributed by atoms with E-state index in [-0.39, 0.29) is 12.1 Å². The summed E-state index contributed by atoms with van der Waals surface area (Å²) in [5.41, 5.74) is 2.89. The van der Waals surface area contributed by atoms with E-state index in [1.807, 2.05) is 27.8 Å². The molecule has 1 atom stereocenters. The van der Waals surface area contributed by atoms with Gasteiger partial charge < -0.3 is 9.88 Å². The summed E-state index contributed by atoms with van der Waals surface area (Å²) in [4.78, 5) is 26.8. The van der Waals surface area contributed by atoms with Crippen LogP contribution in [-0.4, -0.2) is 42.2 Å². The first-order chi connectivity index (χ1) is 13.3. The van der Waals surface area contributed by atoms with Crippen molar-refractivity contribution in [2.24, 2.45) is 0 Å². The minimum Gasteiger partial charge on any atom is -0.348 e. The number of carbonyl (C=O) groups is 1. The van der Waals surface area contributed by atoms with Gasteiger partial charge in [-0.15, -0.1) is 0 Å². The number of urea groups is 1. The molecular formula is C19H23N7O. The molecule has 4 rings (SSSR count). The highest BCUT2D eigenvalue weighted by molar-refractivity contribution is 5.89. The Bertz CT molecular complexity index is 902. The number of amides is 2. The number of hydrogen-bond donors (Lipinski definition) is 2. The highest BCUT2D eigenvalue weighted by Gasteiger charge is 2.34. The first kappa shape index (κ1) is 17.3. The Morgan fingerprint density at radius 2 is 2.30 bits per heavy atom. The van der Waals surface area contributed by atoms with Crippen molar-refractivity contribution in [2.45, 2.75) is 38.8 Å². The third kappa shape index (κ3) is 3.42. The lowest BCUT2D eigenvalue weighted by molar-refractivity contribution is 0.192. The van der Waals surface area contributed by atoms with Crippen LogP contribution < -0.4 is 5.32 Å². The number of aromatic amines is 1. The van der Waals surface area contributed by atoms with E-state index in [1.54, 1.807) is 24.9 Å². The number of nitrogens with one attached hydrogen (secondary N) is 2. The lowest BCUT2D eigenvalue weighted by Crippen LogP contribution is -2.43. The summed E-state index contributed by atoms with van der Waals surface area (Å²) in [6.45, 7) is 3.52. The molecule has 1 aliphatic heterocycles. The SMILES string of the molecule is CCCCn1nccc1NC(=O)N1CCc2[nH]cnc2C1c1cccnc1. The fourth-order valence-electron chi connectivity index (χ4n) is 3.48. The van der Waals surface area contributed by atoms with Crippen LogP contribution in [0, 0.1) is 0 Å². The minimum atomic E-state index is -0.263. The summed E-state index contributed by atoms with van der Waals surface area (Å²) in [7, 11) is 0. The Balaban J connectivity index is 1.60. The van der Waals surface area contributed by atoms with Gasteiger partial charge in [0.25, 0.3) is 0 Å². The van der Waals surface area contributed by atoms with E-state index in [4.69, 9.17) is 0 Å². The summed E-state index contributed by atoms with van der Waals surface area (Å²) >= 11 is 0. The van der Waals surface area contributed by atoms with E-state index in [9.17, 15) is 4.79 Å². The van der Waals surface area contributed by atoms with Crippen molar-refractivity contribution in [2.75, 3.05) is 11.9 Å². The molecule has 1 aliphatic rings. The second-order valence-corrected chi connectivity index (χ2v) is 6.62. The zero-order valence-electron chi connectivity index (χ0n) is 15.3. The Morgan fingerprint density at radius 1 is 1.37 bits per heavy atom. The molecule has 0 saturated heterocycles. The number of unbranched alkanes of at least 4 members (excludes halogenated alkanes) is 1. The molecule has 2 amide bonds. The average Bonchev–Trinajstić information content (AvgIpc) is 3.35. The highest BCUT2D eigenvalue weighted by atomic mass is 16.2. The molecule has 0 aliphatic carbocycles. The molecule has 8 nitrogen and oxygen atoms in total. The monoisotopic (exact) mass is 365 g/mol. The summed E-state index contributed by atoms with van der Waals surface area (Å²) in [5, 5.41) is 7.33. The van der Waals surface area contributed by atoms with Crippen LogP contribution in [0.25, 0.3) is 0 Å². The summed E-state index contributed by atoms with van der Waals surface area (Å²) in [6, 6.07) is 5.27. The van der Waals surface area contributed by atoms with Crippen LogP contribution in [0.2, 0.25) is 0 Å². The summed E-state index contributed by atoms with van der Waals surface area (Å²) in [6.07, 6.45) is 9.76. The second kappa shape index (κ2) is 7.61. The van der Waals surface area contributed by atoms with Crippen LogP contribution >= 0.6 is 0 Å². The van der Waals surface area contributed by atoms with Gasteiger partial charge in [0, 0.05) is 43.7 Å². The van der Waals surface area contributed by atoms with Gasteiger partial charge in [0.1, 0.15) is 11.9 Å².